The van der Waals surface area contributed by atoms with Gasteiger partial charge in [-0.3, -0.25) is 14.6 Å². The van der Waals surface area contributed by atoms with Crippen LogP contribution in [0.15, 0.2) is 31.0 Å². The Morgan fingerprint density at radius 3 is 2.85 bits per heavy atom. The molecule has 0 radical (unpaired) electrons. The normalized spacial score (nSPS) is 10.2. The Hall–Kier alpha value is -1.91. The molecule has 0 aliphatic carbocycles. The first-order valence-electron chi connectivity index (χ1n) is 3.87. The van der Waals surface area contributed by atoms with E-state index < -0.39 is 0 Å². The maximum Gasteiger partial charge on any atom is 0.0847 e. The molecule has 0 bridgehead atoms. The van der Waals surface area contributed by atoms with E-state index in [-0.39, 0.29) is 0 Å². The minimum atomic E-state index is 0.602. The standard InChI is InChI=1S/C8H9N5/c9-7-3-12-13(5-7)6-8-4-10-1-2-11-8/h1-5H,6,9H2. The van der Waals surface area contributed by atoms with Crippen molar-refractivity contribution in [2.45, 2.75) is 6.54 Å². The van der Waals surface area contributed by atoms with E-state index in [0.29, 0.717) is 12.2 Å². The van der Waals surface area contributed by atoms with Crippen molar-refractivity contribution in [2.24, 2.45) is 0 Å². The summed E-state index contributed by atoms with van der Waals surface area (Å²) in [5.41, 5.74) is 7.04. The quantitative estimate of drug-likeness (QED) is 0.712. The van der Waals surface area contributed by atoms with E-state index in [1.165, 1.54) is 0 Å². The first-order chi connectivity index (χ1) is 6.34. The van der Waals surface area contributed by atoms with Gasteiger partial charge in [-0.15, -0.1) is 0 Å². The fourth-order valence-electron chi connectivity index (χ4n) is 1.04. The van der Waals surface area contributed by atoms with Gasteiger partial charge in [0.1, 0.15) is 0 Å². The fraction of sp³-hybridized carbons (Fsp3) is 0.125. The minimum Gasteiger partial charge on any atom is -0.396 e. The predicted molar refractivity (Wildman–Crippen MR) is 47.8 cm³/mol. The molecule has 0 saturated heterocycles. The van der Waals surface area contributed by atoms with Crippen molar-refractivity contribution in [2.75, 3.05) is 5.73 Å². The summed E-state index contributed by atoms with van der Waals surface area (Å²) in [5.74, 6) is 0. The maximum absolute atomic E-state index is 5.51. The van der Waals surface area contributed by atoms with Crippen LogP contribution in [0.5, 0.6) is 0 Å². The average molecular weight is 175 g/mol. The number of anilines is 1. The molecule has 0 aliphatic heterocycles. The summed E-state index contributed by atoms with van der Waals surface area (Å²) in [4.78, 5) is 8.07. The smallest absolute Gasteiger partial charge is 0.0847 e. The van der Waals surface area contributed by atoms with E-state index in [0.717, 1.165) is 5.69 Å². The molecule has 13 heavy (non-hydrogen) atoms. The van der Waals surface area contributed by atoms with Crippen LogP contribution in [0.2, 0.25) is 0 Å². The molecule has 2 heterocycles. The summed E-state index contributed by atoms with van der Waals surface area (Å²) in [6.07, 6.45) is 8.37. The molecule has 0 spiro atoms. The van der Waals surface area contributed by atoms with E-state index in [9.17, 15) is 0 Å². The number of hydrogen-bond acceptors (Lipinski definition) is 4. The number of nitrogens with two attached hydrogens (primary N) is 1. The largest absolute Gasteiger partial charge is 0.396 e. The SMILES string of the molecule is Nc1cnn(Cc2cnccn2)c1. The second-order valence-electron chi connectivity index (χ2n) is 2.67. The zero-order valence-corrected chi connectivity index (χ0v) is 6.96. The molecule has 2 aromatic rings. The van der Waals surface area contributed by atoms with E-state index >= 15 is 0 Å². The topological polar surface area (TPSA) is 69.6 Å². The number of nitrogens with zero attached hydrogens (tertiary/aromatic N) is 4. The third-order valence-electron chi connectivity index (χ3n) is 1.59. The number of nitrogen functional groups attached to an aromatic ring is 1. The zero-order valence-electron chi connectivity index (χ0n) is 6.96. The fourth-order valence-corrected chi connectivity index (χ4v) is 1.04. The summed E-state index contributed by atoms with van der Waals surface area (Å²) in [7, 11) is 0. The molecule has 5 heteroatoms. The number of aromatic nitrogens is 4. The third-order valence-corrected chi connectivity index (χ3v) is 1.59. The van der Waals surface area contributed by atoms with E-state index in [4.69, 9.17) is 5.73 Å². The molecule has 66 valence electrons. The molecule has 2 rings (SSSR count). The zero-order chi connectivity index (χ0) is 9.10. The summed E-state index contributed by atoms with van der Waals surface area (Å²) < 4.78 is 1.72. The van der Waals surface area contributed by atoms with Crippen LogP contribution in [0, 0.1) is 0 Å². The highest BCUT2D eigenvalue weighted by Gasteiger charge is 1.96. The Morgan fingerprint density at radius 2 is 2.23 bits per heavy atom. The van der Waals surface area contributed by atoms with E-state index in [2.05, 4.69) is 15.1 Å². The Labute approximate surface area is 75.2 Å². The highest BCUT2D eigenvalue weighted by atomic mass is 15.3. The second kappa shape index (κ2) is 3.22. The Morgan fingerprint density at radius 1 is 1.31 bits per heavy atom. The molecular weight excluding hydrogens is 166 g/mol. The molecule has 0 atom stereocenters. The third kappa shape index (κ3) is 1.81. The van der Waals surface area contributed by atoms with Gasteiger partial charge in [0.25, 0.3) is 0 Å². The summed E-state index contributed by atoms with van der Waals surface area (Å²) in [5, 5.41) is 4.03. The van der Waals surface area contributed by atoms with Crippen LogP contribution in [0.4, 0.5) is 5.69 Å². The van der Waals surface area contributed by atoms with Crippen LogP contribution >= 0.6 is 0 Å². The molecule has 0 aliphatic rings. The van der Waals surface area contributed by atoms with Gasteiger partial charge >= 0.3 is 0 Å². The van der Waals surface area contributed by atoms with Crippen LogP contribution in [0.25, 0.3) is 0 Å². The van der Waals surface area contributed by atoms with Gasteiger partial charge in [0.2, 0.25) is 0 Å². The first-order valence-corrected chi connectivity index (χ1v) is 3.87. The van der Waals surface area contributed by atoms with Gasteiger partial charge in [-0.05, 0) is 0 Å². The van der Waals surface area contributed by atoms with Crippen molar-refractivity contribution in [1.29, 1.82) is 0 Å². The van der Waals surface area contributed by atoms with Crippen molar-refractivity contribution in [3.63, 3.8) is 0 Å². The number of rotatable bonds is 2. The average Bonchev–Trinajstić information content (AvgIpc) is 2.53. The lowest BCUT2D eigenvalue weighted by atomic mass is 10.4. The highest BCUT2D eigenvalue weighted by molar-refractivity contribution is 5.30. The van der Waals surface area contributed by atoms with Crippen LogP contribution in [0.3, 0.4) is 0 Å². The van der Waals surface area contributed by atoms with Crippen molar-refractivity contribution < 1.29 is 0 Å². The molecule has 5 nitrogen and oxygen atoms in total. The van der Waals surface area contributed by atoms with Gasteiger partial charge < -0.3 is 5.73 Å². The van der Waals surface area contributed by atoms with Gasteiger partial charge in [-0.1, -0.05) is 0 Å². The van der Waals surface area contributed by atoms with Gasteiger partial charge in [0.15, 0.2) is 0 Å². The molecule has 0 fully saturated rings. The molecular formula is C8H9N5. The molecule has 0 amide bonds. The Kier molecular flexibility index (Phi) is 1.91. The van der Waals surface area contributed by atoms with Crippen LogP contribution < -0.4 is 5.73 Å². The summed E-state index contributed by atoms with van der Waals surface area (Å²) >= 11 is 0. The lowest BCUT2D eigenvalue weighted by molar-refractivity contribution is 0.670. The lowest BCUT2D eigenvalue weighted by Crippen LogP contribution is -2.02. The van der Waals surface area contributed by atoms with Crippen molar-refractivity contribution in [1.82, 2.24) is 19.7 Å². The van der Waals surface area contributed by atoms with Crippen LogP contribution in [-0.4, -0.2) is 19.7 Å². The minimum absolute atomic E-state index is 0.602. The first kappa shape index (κ1) is 7.72. The van der Waals surface area contributed by atoms with E-state index in [1.807, 2.05) is 0 Å². The van der Waals surface area contributed by atoms with E-state index in [1.54, 1.807) is 35.7 Å². The van der Waals surface area contributed by atoms with Gasteiger partial charge in [-0.2, -0.15) is 5.10 Å². The molecule has 0 unspecified atom stereocenters. The molecule has 2 aromatic heterocycles. The second-order valence-corrected chi connectivity index (χ2v) is 2.67. The van der Waals surface area contributed by atoms with Crippen molar-refractivity contribution in [3.05, 3.63) is 36.7 Å². The maximum atomic E-state index is 5.51. The van der Waals surface area contributed by atoms with Crippen LogP contribution in [0.1, 0.15) is 5.69 Å². The summed E-state index contributed by atoms with van der Waals surface area (Å²) in [6, 6.07) is 0. The van der Waals surface area contributed by atoms with Crippen molar-refractivity contribution in [3.8, 4) is 0 Å². The Balaban J connectivity index is 2.15. The van der Waals surface area contributed by atoms with Gasteiger partial charge in [0.05, 0.1) is 30.3 Å². The highest BCUT2D eigenvalue weighted by Crippen LogP contribution is 2.00. The van der Waals surface area contributed by atoms with Crippen molar-refractivity contribution >= 4 is 5.69 Å². The predicted octanol–water partition coefficient (Wildman–Crippen LogP) is 0.304. The van der Waals surface area contributed by atoms with Gasteiger partial charge in [0, 0.05) is 18.6 Å². The Bertz CT molecular complexity index is 380. The molecule has 2 N–H and O–H groups in total. The van der Waals surface area contributed by atoms with Crippen LogP contribution in [-0.2, 0) is 6.54 Å². The molecule has 0 aromatic carbocycles. The number of hydrogen-bond donors (Lipinski definition) is 1. The molecule has 0 saturated carbocycles. The monoisotopic (exact) mass is 175 g/mol. The lowest BCUT2D eigenvalue weighted by Gasteiger charge is -1.98. The van der Waals surface area contributed by atoms with Gasteiger partial charge in [-0.25, -0.2) is 0 Å². The summed E-state index contributed by atoms with van der Waals surface area (Å²) in [6.45, 7) is 0.602.